The quantitative estimate of drug-likeness (QED) is 0.874. The second-order valence-electron chi connectivity index (χ2n) is 6.29. The number of rotatable bonds is 6. The van der Waals surface area contributed by atoms with E-state index in [9.17, 15) is 4.79 Å². The van der Waals surface area contributed by atoms with Gasteiger partial charge in [-0.1, -0.05) is 6.42 Å². The highest BCUT2D eigenvalue weighted by Gasteiger charge is 2.32. The summed E-state index contributed by atoms with van der Waals surface area (Å²) < 4.78 is 0. The number of amides is 1. The van der Waals surface area contributed by atoms with Crippen molar-refractivity contribution in [2.75, 3.05) is 6.54 Å². The average Bonchev–Trinajstić information content (AvgIpc) is 3.37. The van der Waals surface area contributed by atoms with E-state index in [-0.39, 0.29) is 0 Å². The average molecular weight is 287 g/mol. The van der Waals surface area contributed by atoms with Crippen LogP contribution in [0.2, 0.25) is 0 Å². The van der Waals surface area contributed by atoms with Crippen LogP contribution in [-0.4, -0.2) is 34.4 Å². The van der Waals surface area contributed by atoms with Crippen LogP contribution in [0.3, 0.4) is 0 Å². The third-order valence-corrected chi connectivity index (χ3v) is 4.53. The summed E-state index contributed by atoms with van der Waals surface area (Å²) in [5.41, 5.74) is 1.18. The molecule has 21 heavy (non-hydrogen) atoms. The standard InChI is InChI=1S/C17H25N3O/c21-17(7-4-15-3-1-2-10-19-15)20(16-5-6-16)13-14-8-11-18-12-9-14/h8-9,11-12,15-16,19H,1-7,10,13H2. The zero-order valence-corrected chi connectivity index (χ0v) is 12.6. The minimum absolute atomic E-state index is 0.321. The highest BCUT2D eigenvalue weighted by atomic mass is 16.2. The van der Waals surface area contributed by atoms with Crippen LogP contribution in [0, 0.1) is 0 Å². The molecule has 0 aromatic carbocycles. The number of nitrogens with zero attached hydrogens (tertiary/aromatic N) is 2. The fraction of sp³-hybridized carbons (Fsp3) is 0.647. The first kappa shape index (κ1) is 14.5. The number of aromatic nitrogens is 1. The van der Waals surface area contributed by atoms with E-state index in [2.05, 4.69) is 15.2 Å². The lowest BCUT2D eigenvalue weighted by molar-refractivity contribution is -0.132. The molecule has 3 rings (SSSR count). The van der Waals surface area contributed by atoms with Gasteiger partial charge in [-0.05, 0) is 56.3 Å². The first-order valence-electron chi connectivity index (χ1n) is 8.24. The molecule has 1 aliphatic carbocycles. The molecule has 4 nitrogen and oxygen atoms in total. The Balaban J connectivity index is 1.52. The summed E-state index contributed by atoms with van der Waals surface area (Å²) in [6.07, 6.45) is 11.4. The predicted molar refractivity (Wildman–Crippen MR) is 82.7 cm³/mol. The van der Waals surface area contributed by atoms with E-state index < -0.39 is 0 Å². The van der Waals surface area contributed by atoms with E-state index in [0.717, 1.165) is 19.5 Å². The van der Waals surface area contributed by atoms with Crippen LogP contribution in [0.15, 0.2) is 24.5 Å². The molecule has 4 heteroatoms. The van der Waals surface area contributed by atoms with E-state index in [4.69, 9.17) is 0 Å². The number of hydrogen-bond donors (Lipinski definition) is 1. The van der Waals surface area contributed by atoms with E-state index in [1.54, 1.807) is 12.4 Å². The van der Waals surface area contributed by atoms with Gasteiger partial charge in [0.05, 0.1) is 0 Å². The van der Waals surface area contributed by atoms with Crippen LogP contribution in [-0.2, 0) is 11.3 Å². The summed E-state index contributed by atoms with van der Waals surface area (Å²) in [7, 11) is 0. The van der Waals surface area contributed by atoms with Gasteiger partial charge in [0.1, 0.15) is 0 Å². The van der Waals surface area contributed by atoms with Crippen LogP contribution in [0.1, 0.15) is 50.5 Å². The molecule has 1 saturated heterocycles. The third-order valence-electron chi connectivity index (χ3n) is 4.53. The molecule has 1 amide bonds. The van der Waals surface area contributed by atoms with Gasteiger partial charge in [0.2, 0.25) is 5.91 Å². The number of nitrogens with one attached hydrogen (secondary N) is 1. The largest absolute Gasteiger partial charge is 0.335 e. The normalized spacial score (nSPS) is 22.0. The molecule has 114 valence electrons. The predicted octanol–water partition coefficient (Wildman–Crippen LogP) is 2.49. The maximum atomic E-state index is 12.6. The van der Waals surface area contributed by atoms with Crippen molar-refractivity contribution in [1.29, 1.82) is 0 Å². The summed E-state index contributed by atoms with van der Waals surface area (Å²) in [6, 6.07) is 5.03. The molecule has 1 aromatic heterocycles. The summed E-state index contributed by atoms with van der Waals surface area (Å²) in [5.74, 6) is 0.321. The van der Waals surface area contributed by atoms with Crippen molar-refractivity contribution in [3.05, 3.63) is 30.1 Å². The van der Waals surface area contributed by atoms with Gasteiger partial charge in [-0.25, -0.2) is 0 Å². The lowest BCUT2D eigenvalue weighted by atomic mass is 10.0. The van der Waals surface area contributed by atoms with Gasteiger partial charge in [0.15, 0.2) is 0 Å². The van der Waals surface area contributed by atoms with Gasteiger partial charge in [0.25, 0.3) is 0 Å². The van der Waals surface area contributed by atoms with Crippen molar-refractivity contribution in [3.8, 4) is 0 Å². The van der Waals surface area contributed by atoms with Crippen LogP contribution >= 0.6 is 0 Å². The molecule has 0 spiro atoms. The zero-order chi connectivity index (χ0) is 14.5. The molecule has 2 heterocycles. The Morgan fingerprint density at radius 2 is 2.05 bits per heavy atom. The minimum atomic E-state index is 0.321. The molecule has 1 aromatic rings. The van der Waals surface area contributed by atoms with Gasteiger partial charge in [-0.3, -0.25) is 9.78 Å². The Hall–Kier alpha value is -1.42. The van der Waals surface area contributed by atoms with Crippen molar-refractivity contribution in [1.82, 2.24) is 15.2 Å². The Bertz CT molecular complexity index is 452. The number of carbonyl (C=O) groups is 1. The molecule has 1 unspecified atom stereocenters. The first-order valence-corrected chi connectivity index (χ1v) is 8.24. The fourth-order valence-corrected chi connectivity index (χ4v) is 3.10. The topological polar surface area (TPSA) is 45.2 Å². The second-order valence-corrected chi connectivity index (χ2v) is 6.29. The first-order chi connectivity index (χ1) is 10.3. The molecule has 1 aliphatic heterocycles. The summed E-state index contributed by atoms with van der Waals surface area (Å²) in [6.45, 7) is 1.85. The van der Waals surface area contributed by atoms with Crippen LogP contribution in [0.4, 0.5) is 0 Å². The van der Waals surface area contributed by atoms with E-state index in [0.29, 0.717) is 24.4 Å². The lowest BCUT2D eigenvalue weighted by Crippen LogP contribution is -2.37. The number of hydrogen-bond acceptors (Lipinski definition) is 3. The van der Waals surface area contributed by atoms with Crippen LogP contribution in [0.5, 0.6) is 0 Å². The molecular formula is C17H25N3O. The monoisotopic (exact) mass is 287 g/mol. The van der Waals surface area contributed by atoms with Crippen molar-refractivity contribution in [2.45, 2.75) is 63.6 Å². The molecule has 0 radical (unpaired) electrons. The molecule has 1 atom stereocenters. The maximum absolute atomic E-state index is 12.6. The molecular weight excluding hydrogens is 262 g/mol. The SMILES string of the molecule is O=C(CCC1CCCCN1)N(Cc1ccncc1)C1CC1. The summed E-state index contributed by atoms with van der Waals surface area (Å²) >= 11 is 0. The van der Waals surface area contributed by atoms with E-state index in [1.165, 1.54) is 37.7 Å². The molecule has 1 saturated carbocycles. The Morgan fingerprint density at radius 1 is 1.24 bits per heavy atom. The highest BCUT2D eigenvalue weighted by Crippen LogP contribution is 2.29. The third kappa shape index (κ3) is 4.27. The number of carbonyl (C=O) groups excluding carboxylic acids is 1. The molecule has 0 bridgehead atoms. The minimum Gasteiger partial charge on any atom is -0.335 e. The van der Waals surface area contributed by atoms with Gasteiger partial charge in [0, 0.05) is 37.4 Å². The number of piperidine rings is 1. The Morgan fingerprint density at radius 3 is 2.71 bits per heavy atom. The van der Waals surface area contributed by atoms with Gasteiger partial charge >= 0.3 is 0 Å². The van der Waals surface area contributed by atoms with Gasteiger partial charge in [-0.2, -0.15) is 0 Å². The van der Waals surface area contributed by atoms with Crippen LogP contribution in [0.25, 0.3) is 0 Å². The maximum Gasteiger partial charge on any atom is 0.223 e. The lowest BCUT2D eigenvalue weighted by Gasteiger charge is -2.26. The van der Waals surface area contributed by atoms with Crippen molar-refractivity contribution in [2.24, 2.45) is 0 Å². The zero-order valence-electron chi connectivity index (χ0n) is 12.6. The second kappa shape index (κ2) is 7.03. The summed E-state index contributed by atoms with van der Waals surface area (Å²) in [5, 5.41) is 3.53. The summed E-state index contributed by atoms with van der Waals surface area (Å²) in [4.78, 5) is 18.7. The van der Waals surface area contributed by atoms with Crippen molar-refractivity contribution < 1.29 is 4.79 Å². The highest BCUT2D eigenvalue weighted by molar-refractivity contribution is 5.77. The smallest absolute Gasteiger partial charge is 0.223 e. The van der Waals surface area contributed by atoms with Gasteiger partial charge < -0.3 is 10.2 Å². The Kier molecular flexibility index (Phi) is 4.86. The van der Waals surface area contributed by atoms with Crippen LogP contribution < -0.4 is 5.32 Å². The van der Waals surface area contributed by atoms with Gasteiger partial charge in [-0.15, -0.1) is 0 Å². The molecule has 2 fully saturated rings. The van der Waals surface area contributed by atoms with Crippen molar-refractivity contribution >= 4 is 5.91 Å². The van der Waals surface area contributed by atoms with Crippen molar-refractivity contribution in [3.63, 3.8) is 0 Å². The van der Waals surface area contributed by atoms with E-state index >= 15 is 0 Å². The fourth-order valence-electron chi connectivity index (χ4n) is 3.10. The molecule has 1 N–H and O–H groups in total. The Labute approximate surface area is 126 Å². The van der Waals surface area contributed by atoms with E-state index in [1.807, 2.05) is 12.1 Å². The number of pyridine rings is 1. The molecule has 2 aliphatic rings.